The molecule has 210 valence electrons. The number of aliphatic hydroxyl groups excluding tert-OH is 1. The molecule has 3 aromatic carbocycles. The zero-order valence-electron chi connectivity index (χ0n) is 24.4. The second-order valence-corrected chi connectivity index (χ2v) is 10.9. The van der Waals surface area contributed by atoms with E-state index in [1.807, 2.05) is 62.4 Å². The van der Waals surface area contributed by atoms with Crippen LogP contribution in [0.5, 0.6) is 5.75 Å². The molecule has 0 spiro atoms. The minimum atomic E-state index is -0.731. The lowest BCUT2D eigenvalue weighted by Gasteiger charge is -2.27. The summed E-state index contributed by atoms with van der Waals surface area (Å²) in [6, 6.07) is 20.4. The van der Waals surface area contributed by atoms with Gasteiger partial charge < -0.3 is 19.6 Å². The molecule has 0 bridgehead atoms. The highest BCUT2D eigenvalue weighted by molar-refractivity contribution is 6.46. The van der Waals surface area contributed by atoms with Crippen molar-refractivity contribution >= 4 is 23.1 Å². The zero-order chi connectivity index (χ0) is 29.0. The number of aryl methyl sites for hydroxylation is 2. The number of likely N-dealkylation sites (tertiary alicyclic amines) is 1. The Bertz CT molecular complexity index is 1400. The fraction of sp³-hybridized carbons (Fsp3) is 0.353. The van der Waals surface area contributed by atoms with Crippen LogP contribution in [0.2, 0.25) is 0 Å². The zero-order valence-corrected chi connectivity index (χ0v) is 24.4. The van der Waals surface area contributed by atoms with E-state index in [1.54, 1.807) is 23.1 Å². The summed E-state index contributed by atoms with van der Waals surface area (Å²) in [5.41, 5.74) is 5.46. The van der Waals surface area contributed by atoms with Gasteiger partial charge in [0.1, 0.15) is 11.5 Å². The van der Waals surface area contributed by atoms with Gasteiger partial charge in [-0.25, -0.2) is 0 Å². The Kier molecular flexibility index (Phi) is 8.98. The standard InChI is InChI=1S/C34H40N2O4/c1-7-35(8-2)28-16-14-25(15-17-28)31-30(32(37)26-10-9-11-29(19-26)40-21-22(3)4)33(38)34(39)36(31)20-27-18-23(5)12-13-24(27)6/h9-19,22,31,37H,7-8,20-21H2,1-6H3/b32-30-. The Morgan fingerprint density at radius 3 is 2.33 bits per heavy atom. The highest BCUT2D eigenvalue weighted by Gasteiger charge is 2.46. The van der Waals surface area contributed by atoms with Gasteiger partial charge in [-0.3, -0.25) is 9.59 Å². The Labute approximate surface area is 237 Å². The summed E-state index contributed by atoms with van der Waals surface area (Å²) in [7, 11) is 0. The number of hydrogen-bond donors (Lipinski definition) is 1. The van der Waals surface area contributed by atoms with Crippen molar-refractivity contribution in [3.05, 3.63) is 100 Å². The van der Waals surface area contributed by atoms with Crippen LogP contribution >= 0.6 is 0 Å². The second-order valence-electron chi connectivity index (χ2n) is 10.9. The Morgan fingerprint density at radius 1 is 0.975 bits per heavy atom. The molecule has 1 atom stereocenters. The second kappa shape index (κ2) is 12.4. The van der Waals surface area contributed by atoms with Crippen LogP contribution in [0, 0.1) is 19.8 Å². The molecule has 4 rings (SSSR count). The number of hydrogen-bond acceptors (Lipinski definition) is 5. The number of carbonyl (C=O) groups is 2. The van der Waals surface area contributed by atoms with E-state index in [-0.39, 0.29) is 17.9 Å². The summed E-state index contributed by atoms with van der Waals surface area (Å²) in [4.78, 5) is 30.9. The molecule has 0 radical (unpaired) electrons. The van der Waals surface area contributed by atoms with E-state index in [0.717, 1.165) is 41.0 Å². The van der Waals surface area contributed by atoms with Crippen molar-refractivity contribution in [2.45, 2.75) is 54.1 Å². The predicted molar refractivity (Wildman–Crippen MR) is 161 cm³/mol. The number of Topliss-reactive ketones (excluding diaryl/α,β-unsaturated/α-hetero) is 1. The van der Waals surface area contributed by atoms with Gasteiger partial charge in [-0.15, -0.1) is 0 Å². The monoisotopic (exact) mass is 540 g/mol. The molecule has 1 saturated heterocycles. The van der Waals surface area contributed by atoms with Crippen LogP contribution in [-0.4, -0.2) is 41.4 Å². The van der Waals surface area contributed by atoms with Gasteiger partial charge in [-0.05, 0) is 74.6 Å². The molecule has 0 saturated carbocycles. The van der Waals surface area contributed by atoms with Crippen LogP contribution in [0.15, 0.2) is 72.3 Å². The maximum atomic E-state index is 13.6. The Balaban J connectivity index is 1.82. The van der Waals surface area contributed by atoms with E-state index in [4.69, 9.17) is 4.74 Å². The van der Waals surface area contributed by atoms with Gasteiger partial charge in [0.25, 0.3) is 11.7 Å². The van der Waals surface area contributed by atoms with Crippen molar-refractivity contribution in [2.75, 3.05) is 24.6 Å². The van der Waals surface area contributed by atoms with E-state index < -0.39 is 17.7 Å². The predicted octanol–water partition coefficient (Wildman–Crippen LogP) is 6.81. The fourth-order valence-corrected chi connectivity index (χ4v) is 5.15. The summed E-state index contributed by atoms with van der Waals surface area (Å²) in [6.07, 6.45) is 0. The summed E-state index contributed by atoms with van der Waals surface area (Å²) in [5, 5.41) is 11.6. The first-order valence-corrected chi connectivity index (χ1v) is 14.1. The highest BCUT2D eigenvalue weighted by Crippen LogP contribution is 2.41. The van der Waals surface area contributed by atoms with Crippen LogP contribution in [0.1, 0.15) is 61.6 Å². The molecule has 6 nitrogen and oxygen atoms in total. The molecule has 1 N–H and O–H groups in total. The largest absolute Gasteiger partial charge is 0.507 e. The van der Waals surface area contributed by atoms with Crippen LogP contribution in [0.4, 0.5) is 5.69 Å². The number of benzene rings is 3. The molecule has 0 aliphatic carbocycles. The molecule has 1 unspecified atom stereocenters. The lowest BCUT2D eigenvalue weighted by molar-refractivity contribution is -0.140. The van der Waals surface area contributed by atoms with Crippen LogP contribution in [-0.2, 0) is 16.1 Å². The summed E-state index contributed by atoms with van der Waals surface area (Å²) < 4.78 is 5.86. The minimum absolute atomic E-state index is 0.0897. The van der Waals surface area contributed by atoms with E-state index in [9.17, 15) is 14.7 Å². The maximum absolute atomic E-state index is 13.6. The molecule has 1 aliphatic heterocycles. The van der Waals surface area contributed by atoms with E-state index in [0.29, 0.717) is 23.8 Å². The molecule has 0 aromatic heterocycles. The van der Waals surface area contributed by atoms with E-state index in [2.05, 4.69) is 32.6 Å². The number of aliphatic hydroxyl groups is 1. The number of amides is 1. The molecule has 6 heteroatoms. The van der Waals surface area contributed by atoms with Gasteiger partial charge in [-0.1, -0.05) is 61.9 Å². The fourth-order valence-electron chi connectivity index (χ4n) is 5.15. The van der Waals surface area contributed by atoms with Gasteiger partial charge in [0.2, 0.25) is 0 Å². The van der Waals surface area contributed by atoms with Crippen molar-refractivity contribution in [1.29, 1.82) is 0 Å². The van der Waals surface area contributed by atoms with Crippen molar-refractivity contribution in [2.24, 2.45) is 5.92 Å². The molecule has 1 amide bonds. The Morgan fingerprint density at radius 2 is 1.68 bits per heavy atom. The third-order valence-corrected chi connectivity index (χ3v) is 7.41. The molecule has 1 fully saturated rings. The molecular weight excluding hydrogens is 500 g/mol. The van der Waals surface area contributed by atoms with Gasteiger partial charge in [0.15, 0.2) is 0 Å². The normalized spacial score (nSPS) is 16.6. The van der Waals surface area contributed by atoms with Crippen LogP contribution < -0.4 is 9.64 Å². The lowest BCUT2D eigenvalue weighted by Crippen LogP contribution is -2.29. The molecule has 3 aromatic rings. The molecule has 1 heterocycles. The van der Waals surface area contributed by atoms with Gasteiger partial charge in [0, 0.05) is 30.9 Å². The minimum Gasteiger partial charge on any atom is -0.507 e. The number of nitrogens with zero attached hydrogens (tertiary/aromatic N) is 2. The third kappa shape index (κ3) is 6.06. The van der Waals surface area contributed by atoms with Crippen LogP contribution in [0.25, 0.3) is 5.76 Å². The smallest absolute Gasteiger partial charge is 0.295 e. The summed E-state index contributed by atoms with van der Waals surface area (Å²) in [5.74, 6) is -0.564. The van der Waals surface area contributed by atoms with Crippen molar-refractivity contribution in [1.82, 2.24) is 4.90 Å². The Hall–Kier alpha value is -4.06. The van der Waals surface area contributed by atoms with Crippen molar-refractivity contribution < 1.29 is 19.4 Å². The van der Waals surface area contributed by atoms with Crippen molar-refractivity contribution in [3.8, 4) is 5.75 Å². The van der Waals surface area contributed by atoms with Crippen LogP contribution in [0.3, 0.4) is 0 Å². The number of rotatable bonds is 10. The van der Waals surface area contributed by atoms with Gasteiger partial charge in [-0.2, -0.15) is 0 Å². The average Bonchev–Trinajstić information content (AvgIpc) is 3.19. The molecule has 1 aliphatic rings. The number of ketones is 1. The average molecular weight is 541 g/mol. The number of carbonyl (C=O) groups excluding carboxylic acids is 2. The molecular formula is C34H40N2O4. The summed E-state index contributed by atoms with van der Waals surface area (Å²) in [6.45, 7) is 14.9. The van der Waals surface area contributed by atoms with Crippen molar-refractivity contribution in [3.63, 3.8) is 0 Å². The maximum Gasteiger partial charge on any atom is 0.295 e. The topological polar surface area (TPSA) is 70.1 Å². The number of anilines is 1. The quantitative estimate of drug-likeness (QED) is 0.174. The highest BCUT2D eigenvalue weighted by atomic mass is 16.5. The first-order chi connectivity index (χ1) is 19.1. The van der Waals surface area contributed by atoms with Gasteiger partial charge in [0.05, 0.1) is 18.2 Å². The van der Waals surface area contributed by atoms with E-state index in [1.165, 1.54) is 0 Å². The third-order valence-electron chi connectivity index (χ3n) is 7.41. The summed E-state index contributed by atoms with van der Waals surface area (Å²) >= 11 is 0. The molecule has 40 heavy (non-hydrogen) atoms. The first kappa shape index (κ1) is 28.9. The van der Waals surface area contributed by atoms with E-state index >= 15 is 0 Å². The SMILES string of the molecule is CCN(CC)c1ccc(C2/C(=C(/O)c3cccc(OCC(C)C)c3)C(=O)C(=O)N2Cc2cc(C)ccc2C)cc1. The lowest BCUT2D eigenvalue weighted by atomic mass is 9.94. The van der Waals surface area contributed by atoms with Gasteiger partial charge >= 0.3 is 0 Å². The first-order valence-electron chi connectivity index (χ1n) is 14.1. The number of ether oxygens (including phenoxy) is 1.